The molecule has 0 bridgehead atoms. The number of rotatable bonds is 2. The molecular weight excluding hydrogens is 446 g/mol. The quantitative estimate of drug-likeness (QED) is 0.272. The Kier molecular flexibility index (Phi) is 5.01. The van der Waals surface area contributed by atoms with Crippen molar-refractivity contribution in [3.63, 3.8) is 0 Å². The van der Waals surface area contributed by atoms with Gasteiger partial charge >= 0.3 is 6.09 Å². The Morgan fingerprint density at radius 3 is 2.29 bits per heavy atom. The minimum atomic E-state index is -0.672. The third-order valence-electron chi connectivity index (χ3n) is 5.26. The van der Waals surface area contributed by atoms with Crippen LogP contribution in [-0.2, 0) is 4.74 Å². The monoisotopic (exact) mass is 465 g/mol. The predicted octanol–water partition coefficient (Wildman–Crippen LogP) is 7.31. The smallest absolute Gasteiger partial charge is 0.419 e. The van der Waals surface area contributed by atoms with Crippen molar-refractivity contribution in [1.29, 1.82) is 10.5 Å². The van der Waals surface area contributed by atoms with E-state index in [0.717, 1.165) is 20.5 Å². The molecule has 6 nitrogen and oxygen atoms in total. The van der Waals surface area contributed by atoms with Gasteiger partial charge in [-0.3, -0.25) is 0 Å². The highest BCUT2D eigenvalue weighted by Gasteiger charge is 2.24. The molecule has 3 aromatic heterocycles. The molecule has 0 N–H and O–H groups in total. The minimum Gasteiger partial charge on any atom is -0.455 e. The second-order valence-electron chi connectivity index (χ2n) is 8.87. The molecule has 7 heteroatoms. The summed E-state index contributed by atoms with van der Waals surface area (Å²) in [6, 6.07) is 22.6. The van der Waals surface area contributed by atoms with Crippen LogP contribution in [-0.4, -0.2) is 16.3 Å². The number of hydrogen-bond acceptors (Lipinski definition) is 6. The Hall–Kier alpha value is -4.33. The molecule has 0 fully saturated rings. The average molecular weight is 466 g/mol. The SMILES string of the molecule is CC(C)(C)OC(=O)n1c(-c2ccc(-c3cc4ccc(C#N)cc4o3)s2)cc2ccc(C#N)cc21. The maximum atomic E-state index is 13.2. The van der Waals surface area contributed by atoms with Crippen molar-refractivity contribution in [3.05, 3.63) is 71.8 Å². The fraction of sp³-hybridized carbons (Fsp3) is 0.148. The normalized spacial score (nSPS) is 11.4. The second kappa shape index (κ2) is 7.91. The molecule has 0 spiro atoms. The topological polar surface area (TPSA) is 91.9 Å². The molecule has 3 heterocycles. The fourth-order valence-corrected chi connectivity index (χ4v) is 4.75. The van der Waals surface area contributed by atoms with Crippen molar-refractivity contribution in [2.75, 3.05) is 0 Å². The summed E-state index contributed by atoms with van der Waals surface area (Å²) in [6.45, 7) is 5.46. The molecule has 0 radical (unpaired) electrons. The minimum absolute atomic E-state index is 0.466. The number of carbonyl (C=O) groups excluding carboxylic acids is 1. The van der Waals surface area contributed by atoms with Crippen LogP contribution < -0.4 is 0 Å². The summed E-state index contributed by atoms with van der Waals surface area (Å²) < 4.78 is 13.2. The maximum absolute atomic E-state index is 13.2. The van der Waals surface area contributed by atoms with E-state index in [-0.39, 0.29) is 0 Å². The number of aromatic nitrogens is 1. The van der Waals surface area contributed by atoms with E-state index < -0.39 is 11.7 Å². The van der Waals surface area contributed by atoms with Gasteiger partial charge in [0.05, 0.1) is 44.2 Å². The lowest BCUT2D eigenvalue weighted by Crippen LogP contribution is -2.27. The van der Waals surface area contributed by atoms with E-state index in [1.165, 1.54) is 15.9 Å². The molecule has 5 rings (SSSR count). The zero-order chi connectivity index (χ0) is 24.0. The zero-order valence-corrected chi connectivity index (χ0v) is 19.6. The molecular formula is C27H19N3O3S. The molecule has 5 aromatic rings. The van der Waals surface area contributed by atoms with Gasteiger partial charge in [-0.1, -0.05) is 6.07 Å². The summed E-state index contributed by atoms with van der Waals surface area (Å²) in [6.07, 6.45) is -0.504. The number of thiophene rings is 1. The lowest BCUT2D eigenvalue weighted by atomic mass is 10.2. The summed E-state index contributed by atoms with van der Waals surface area (Å²) in [7, 11) is 0. The summed E-state index contributed by atoms with van der Waals surface area (Å²) >= 11 is 1.49. The van der Waals surface area contributed by atoms with Crippen LogP contribution in [0.25, 0.3) is 43.1 Å². The van der Waals surface area contributed by atoms with Crippen molar-refractivity contribution in [2.45, 2.75) is 26.4 Å². The highest BCUT2D eigenvalue weighted by Crippen LogP contribution is 2.39. The standard InChI is InChI=1S/C27H19N3O3S/c1-27(2,3)33-26(31)30-20-10-16(14-28)4-6-18(20)12-21(30)24-8-9-25(34-24)23-13-19-7-5-17(15-29)11-22(19)32-23/h4-13H,1-3H3. The van der Waals surface area contributed by atoms with Crippen molar-refractivity contribution in [2.24, 2.45) is 0 Å². The largest absolute Gasteiger partial charge is 0.455 e. The van der Waals surface area contributed by atoms with Crippen LogP contribution in [0.1, 0.15) is 31.9 Å². The first-order chi connectivity index (χ1) is 16.3. The number of benzene rings is 2. The highest BCUT2D eigenvalue weighted by atomic mass is 32.1. The van der Waals surface area contributed by atoms with Gasteiger partial charge in [-0.15, -0.1) is 11.3 Å². The molecule has 0 aliphatic rings. The van der Waals surface area contributed by atoms with E-state index in [4.69, 9.17) is 14.4 Å². The van der Waals surface area contributed by atoms with Crippen molar-refractivity contribution >= 4 is 39.3 Å². The number of nitriles is 2. The zero-order valence-electron chi connectivity index (χ0n) is 18.7. The van der Waals surface area contributed by atoms with E-state index in [1.54, 1.807) is 24.3 Å². The molecule has 0 amide bonds. The molecule has 34 heavy (non-hydrogen) atoms. The van der Waals surface area contributed by atoms with Gasteiger partial charge in [0.25, 0.3) is 0 Å². The van der Waals surface area contributed by atoms with E-state index >= 15 is 0 Å². The Bertz CT molecular complexity index is 1670. The van der Waals surface area contributed by atoms with E-state index in [2.05, 4.69) is 12.1 Å². The number of carbonyl (C=O) groups is 1. The number of fused-ring (bicyclic) bond motifs is 2. The van der Waals surface area contributed by atoms with Gasteiger partial charge in [-0.25, -0.2) is 9.36 Å². The first-order valence-corrected chi connectivity index (χ1v) is 11.4. The summed E-state index contributed by atoms with van der Waals surface area (Å²) in [5.74, 6) is 0.688. The van der Waals surface area contributed by atoms with Crippen LogP contribution in [0.5, 0.6) is 0 Å². The van der Waals surface area contributed by atoms with E-state index in [1.807, 2.05) is 57.2 Å². The van der Waals surface area contributed by atoms with Gasteiger partial charge in [-0.05, 0) is 75.4 Å². The van der Waals surface area contributed by atoms with Crippen molar-refractivity contribution in [3.8, 4) is 33.3 Å². The van der Waals surface area contributed by atoms with E-state index in [0.29, 0.717) is 33.7 Å². The third kappa shape index (κ3) is 3.83. The van der Waals surface area contributed by atoms with Crippen LogP contribution in [0.4, 0.5) is 4.79 Å². The molecule has 166 valence electrons. The second-order valence-corrected chi connectivity index (χ2v) is 9.95. The van der Waals surface area contributed by atoms with Crippen LogP contribution in [0.3, 0.4) is 0 Å². The van der Waals surface area contributed by atoms with Crippen LogP contribution in [0, 0.1) is 22.7 Å². The molecule has 0 saturated heterocycles. The Morgan fingerprint density at radius 2 is 1.59 bits per heavy atom. The Balaban J connectivity index is 1.63. The number of hydrogen-bond donors (Lipinski definition) is 0. The molecule has 0 atom stereocenters. The van der Waals surface area contributed by atoms with Gasteiger partial charge in [0, 0.05) is 10.8 Å². The molecule has 0 unspecified atom stereocenters. The van der Waals surface area contributed by atoms with Crippen LogP contribution >= 0.6 is 11.3 Å². The average Bonchev–Trinajstić information content (AvgIpc) is 3.52. The van der Waals surface area contributed by atoms with Gasteiger partial charge in [0.2, 0.25) is 0 Å². The number of nitrogens with zero attached hydrogens (tertiary/aromatic N) is 3. The molecule has 0 aliphatic heterocycles. The summed E-state index contributed by atoms with van der Waals surface area (Å²) in [5.41, 5.74) is 2.28. The molecule has 0 aliphatic carbocycles. The molecule has 0 saturated carbocycles. The summed E-state index contributed by atoms with van der Waals surface area (Å²) in [5, 5.41) is 20.2. The van der Waals surface area contributed by atoms with Gasteiger partial charge in [0.1, 0.15) is 16.9 Å². The van der Waals surface area contributed by atoms with Gasteiger partial charge in [0.15, 0.2) is 0 Å². The number of ether oxygens (including phenoxy) is 1. The van der Waals surface area contributed by atoms with Crippen LogP contribution in [0.2, 0.25) is 0 Å². The van der Waals surface area contributed by atoms with Crippen LogP contribution in [0.15, 0.2) is 65.1 Å². The first-order valence-electron chi connectivity index (χ1n) is 10.6. The molecule has 2 aromatic carbocycles. The predicted molar refractivity (Wildman–Crippen MR) is 132 cm³/mol. The Morgan fingerprint density at radius 1 is 0.912 bits per heavy atom. The Labute approximate surface area is 199 Å². The van der Waals surface area contributed by atoms with Gasteiger partial charge in [-0.2, -0.15) is 10.5 Å². The maximum Gasteiger partial charge on any atom is 0.419 e. The van der Waals surface area contributed by atoms with Crippen molar-refractivity contribution in [1.82, 2.24) is 4.57 Å². The highest BCUT2D eigenvalue weighted by molar-refractivity contribution is 7.18. The van der Waals surface area contributed by atoms with Crippen molar-refractivity contribution < 1.29 is 13.9 Å². The first kappa shape index (κ1) is 21.5. The fourth-order valence-electron chi connectivity index (χ4n) is 3.79. The van der Waals surface area contributed by atoms with Gasteiger partial charge < -0.3 is 9.15 Å². The lowest BCUT2D eigenvalue weighted by Gasteiger charge is -2.20. The third-order valence-corrected chi connectivity index (χ3v) is 6.38. The number of furan rings is 1. The summed E-state index contributed by atoms with van der Waals surface area (Å²) in [4.78, 5) is 14.9. The lowest BCUT2D eigenvalue weighted by molar-refractivity contribution is 0.0547. The van der Waals surface area contributed by atoms with E-state index in [9.17, 15) is 10.1 Å².